The molecule has 0 bridgehead atoms. The van der Waals surface area contributed by atoms with E-state index in [-0.39, 0.29) is 5.60 Å². The van der Waals surface area contributed by atoms with Gasteiger partial charge in [-0.15, -0.1) is 0 Å². The summed E-state index contributed by atoms with van der Waals surface area (Å²) in [6.07, 6.45) is 0. The van der Waals surface area contributed by atoms with Crippen LogP contribution in [0.1, 0.15) is 33.3 Å². The summed E-state index contributed by atoms with van der Waals surface area (Å²) in [5.74, 6) is 0. The Labute approximate surface area is 117 Å². The molecule has 0 fully saturated rings. The first-order valence-electron chi connectivity index (χ1n) is 6.85. The lowest BCUT2D eigenvalue weighted by atomic mass is 9.89. The third-order valence-electron chi connectivity index (χ3n) is 3.17. The predicted octanol–water partition coefficient (Wildman–Crippen LogP) is 5.26. The molecule has 2 rings (SSSR count). The average molecular weight is 256 g/mol. The van der Waals surface area contributed by atoms with Gasteiger partial charge >= 0.3 is 0 Å². The highest BCUT2D eigenvalue weighted by Gasteiger charge is 2.22. The summed E-state index contributed by atoms with van der Waals surface area (Å²) in [4.78, 5) is 0. The molecule has 1 heteroatoms. The van der Waals surface area contributed by atoms with Gasteiger partial charge in [-0.3, -0.25) is 0 Å². The Kier molecular flexibility index (Phi) is 5.78. The summed E-state index contributed by atoms with van der Waals surface area (Å²) < 4.78 is 5.59. The van der Waals surface area contributed by atoms with Crippen molar-refractivity contribution in [1.82, 2.24) is 0 Å². The lowest BCUT2D eigenvalue weighted by Crippen LogP contribution is -2.20. The van der Waals surface area contributed by atoms with Gasteiger partial charge in [0.15, 0.2) is 0 Å². The van der Waals surface area contributed by atoms with Crippen LogP contribution in [-0.2, 0) is 10.3 Å². The summed E-state index contributed by atoms with van der Waals surface area (Å²) in [6, 6.07) is 18.8. The zero-order valence-corrected chi connectivity index (χ0v) is 12.6. The SMILES string of the molecule is CC.COC(C)(C)c1ccccc1-c1ccccc1. The van der Waals surface area contributed by atoms with Crippen LogP contribution in [0.15, 0.2) is 54.6 Å². The number of hydrogen-bond donors (Lipinski definition) is 0. The Morgan fingerprint density at radius 3 is 1.89 bits per heavy atom. The zero-order valence-electron chi connectivity index (χ0n) is 12.6. The molecule has 0 saturated carbocycles. The minimum atomic E-state index is -0.271. The second-order valence-electron chi connectivity index (χ2n) is 4.63. The third-order valence-corrected chi connectivity index (χ3v) is 3.17. The molecule has 0 atom stereocenters. The fraction of sp³-hybridized carbons (Fsp3) is 0.333. The number of hydrogen-bond acceptors (Lipinski definition) is 1. The van der Waals surface area contributed by atoms with Crippen molar-refractivity contribution >= 4 is 0 Å². The Morgan fingerprint density at radius 2 is 1.32 bits per heavy atom. The van der Waals surface area contributed by atoms with Gasteiger partial charge in [0.1, 0.15) is 0 Å². The second-order valence-corrected chi connectivity index (χ2v) is 4.63. The molecule has 2 aromatic carbocycles. The molecular weight excluding hydrogens is 232 g/mol. The smallest absolute Gasteiger partial charge is 0.0877 e. The van der Waals surface area contributed by atoms with Crippen molar-refractivity contribution in [3.63, 3.8) is 0 Å². The van der Waals surface area contributed by atoms with E-state index in [1.807, 2.05) is 19.9 Å². The van der Waals surface area contributed by atoms with Crippen molar-refractivity contribution < 1.29 is 4.74 Å². The summed E-state index contributed by atoms with van der Waals surface area (Å²) in [5, 5.41) is 0. The van der Waals surface area contributed by atoms with Crippen LogP contribution in [0.2, 0.25) is 0 Å². The van der Waals surface area contributed by atoms with E-state index >= 15 is 0 Å². The van der Waals surface area contributed by atoms with Crippen LogP contribution < -0.4 is 0 Å². The minimum absolute atomic E-state index is 0.271. The van der Waals surface area contributed by atoms with Gasteiger partial charge in [-0.1, -0.05) is 68.4 Å². The van der Waals surface area contributed by atoms with Gasteiger partial charge < -0.3 is 4.74 Å². The molecule has 102 valence electrons. The lowest BCUT2D eigenvalue weighted by Gasteiger charge is -2.26. The molecule has 0 aliphatic carbocycles. The van der Waals surface area contributed by atoms with E-state index in [2.05, 4.69) is 62.4 Å². The minimum Gasteiger partial charge on any atom is -0.374 e. The van der Waals surface area contributed by atoms with Crippen LogP contribution in [0.3, 0.4) is 0 Å². The lowest BCUT2D eigenvalue weighted by molar-refractivity contribution is 0.0197. The van der Waals surface area contributed by atoms with E-state index in [1.54, 1.807) is 7.11 Å². The van der Waals surface area contributed by atoms with Gasteiger partial charge in [0.25, 0.3) is 0 Å². The van der Waals surface area contributed by atoms with E-state index in [1.165, 1.54) is 16.7 Å². The van der Waals surface area contributed by atoms with Crippen molar-refractivity contribution in [2.45, 2.75) is 33.3 Å². The Morgan fingerprint density at radius 1 is 0.789 bits per heavy atom. The van der Waals surface area contributed by atoms with E-state index in [9.17, 15) is 0 Å². The molecule has 0 unspecified atom stereocenters. The molecule has 0 aliphatic rings. The van der Waals surface area contributed by atoms with Gasteiger partial charge in [0.05, 0.1) is 5.60 Å². The van der Waals surface area contributed by atoms with Crippen LogP contribution in [0, 0.1) is 0 Å². The van der Waals surface area contributed by atoms with Crippen LogP contribution in [0.25, 0.3) is 11.1 Å². The van der Waals surface area contributed by atoms with Crippen molar-refractivity contribution in [3.05, 3.63) is 60.2 Å². The van der Waals surface area contributed by atoms with Gasteiger partial charge in [-0.05, 0) is 30.5 Å². The quantitative estimate of drug-likeness (QED) is 0.727. The summed E-state index contributed by atoms with van der Waals surface area (Å²) in [6.45, 7) is 8.18. The van der Waals surface area contributed by atoms with Gasteiger partial charge in [-0.2, -0.15) is 0 Å². The molecule has 0 aromatic heterocycles. The van der Waals surface area contributed by atoms with Gasteiger partial charge in [-0.25, -0.2) is 0 Å². The van der Waals surface area contributed by atoms with E-state index in [0.717, 1.165) is 0 Å². The van der Waals surface area contributed by atoms with E-state index in [4.69, 9.17) is 4.74 Å². The summed E-state index contributed by atoms with van der Waals surface area (Å²) in [5.41, 5.74) is 3.41. The van der Waals surface area contributed by atoms with Crippen molar-refractivity contribution in [3.8, 4) is 11.1 Å². The van der Waals surface area contributed by atoms with Crippen LogP contribution >= 0.6 is 0 Å². The molecule has 0 aliphatic heterocycles. The van der Waals surface area contributed by atoms with Crippen LogP contribution in [0.4, 0.5) is 0 Å². The van der Waals surface area contributed by atoms with Gasteiger partial charge in [0, 0.05) is 7.11 Å². The van der Waals surface area contributed by atoms with Crippen LogP contribution in [-0.4, -0.2) is 7.11 Å². The normalized spacial score (nSPS) is 10.6. The van der Waals surface area contributed by atoms with Crippen LogP contribution in [0.5, 0.6) is 0 Å². The molecule has 0 spiro atoms. The monoisotopic (exact) mass is 256 g/mol. The van der Waals surface area contributed by atoms with E-state index < -0.39 is 0 Å². The number of benzene rings is 2. The maximum atomic E-state index is 5.59. The van der Waals surface area contributed by atoms with Gasteiger partial charge in [0.2, 0.25) is 0 Å². The first-order valence-corrected chi connectivity index (χ1v) is 6.85. The Hall–Kier alpha value is -1.60. The molecule has 0 amide bonds. The Bertz CT molecular complexity index is 486. The second kappa shape index (κ2) is 7.10. The van der Waals surface area contributed by atoms with Crippen molar-refractivity contribution in [1.29, 1.82) is 0 Å². The molecular formula is C18H24O. The standard InChI is InChI=1S/C16H18O.C2H6/c1-16(2,17-3)15-12-8-7-11-14(15)13-9-5-4-6-10-13;1-2/h4-12H,1-3H3;1-2H3. The zero-order chi connectivity index (χ0) is 14.3. The molecule has 0 heterocycles. The summed E-state index contributed by atoms with van der Waals surface area (Å²) >= 11 is 0. The molecule has 2 aromatic rings. The average Bonchev–Trinajstić information content (AvgIpc) is 2.50. The maximum Gasteiger partial charge on any atom is 0.0877 e. The van der Waals surface area contributed by atoms with E-state index in [0.29, 0.717) is 0 Å². The highest BCUT2D eigenvalue weighted by molar-refractivity contribution is 5.68. The topological polar surface area (TPSA) is 9.23 Å². The predicted molar refractivity (Wildman–Crippen MR) is 83.3 cm³/mol. The Balaban J connectivity index is 0.000000861. The fourth-order valence-corrected chi connectivity index (χ4v) is 1.99. The van der Waals surface area contributed by atoms with Crippen molar-refractivity contribution in [2.75, 3.05) is 7.11 Å². The summed E-state index contributed by atoms with van der Waals surface area (Å²) in [7, 11) is 1.75. The van der Waals surface area contributed by atoms with Crippen molar-refractivity contribution in [2.24, 2.45) is 0 Å². The largest absolute Gasteiger partial charge is 0.374 e. The first-order chi connectivity index (χ1) is 9.15. The molecule has 0 N–H and O–H groups in total. The molecule has 1 nitrogen and oxygen atoms in total. The third kappa shape index (κ3) is 3.68. The molecule has 0 radical (unpaired) electrons. The maximum absolute atomic E-state index is 5.59. The number of rotatable bonds is 3. The first kappa shape index (κ1) is 15.5. The number of methoxy groups -OCH3 is 1. The number of ether oxygens (including phenoxy) is 1. The molecule has 0 saturated heterocycles. The highest BCUT2D eigenvalue weighted by atomic mass is 16.5. The highest BCUT2D eigenvalue weighted by Crippen LogP contribution is 2.33. The molecule has 19 heavy (non-hydrogen) atoms. The fourth-order valence-electron chi connectivity index (χ4n) is 1.99.